The van der Waals surface area contributed by atoms with Crippen molar-refractivity contribution >= 4 is 26.6 Å². The summed E-state index contributed by atoms with van der Waals surface area (Å²) in [5.74, 6) is 0.721. The number of fused-ring (bicyclic) bond motifs is 1. The molecule has 1 atom stereocenters. The number of rotatable bonds is 5. The van der Waals surface area contributed by atoms with E-state index >= 15 is 0 Å². The minimum atomic E-state index is -3.05. The lowest BCUT2D eigenvalue weighted by atomic mass is 10.1. The fourth-order valence-electron chi connectivity index (χ4n) is 3.21. The first kappa shape index (κ1) is 17.7. The predicted molar refractivity (Wildman–Crippen MR) is 96.7 cm³/mol. The van der Waals surface area contributed by atoms with E-state index in [1.165, 1.54) is 0 Å². The van der Waals surface area contributed by atoms with E-state index in [-0.39, 0.29) is 23.5 Å². The molecular weight excluding hydrogens is 340 g/mol. The molecule has 1 fully saturated rings. The number of sulfone groups is 1. The zero-order valence-corrected chi connectivity index (χ0v) is 15.3. The van der Waals surface area contributed by atoms with Gasteiger partial charge in [0.15, 0.2) is 9.84 Å². The molecule has 1 aliphatic heterocycles. The summed E-state index contributed by atoms with van der Waals surface area (Å²) in [7, 11) is -1.44. The second kappa shape index (κ2) is 7.00. The third-order valence-corrected chi connectivity index (χ3v) is 6.24. The summed E-state index contributed by atoms with van der Waals surface area (Å²) in [6.45, 7) is 2.51. The van der Waals surface area contributed by atoms with Crippen LogP contribution in [0.15, 0.2) is 30.3 Å². The zero-order valence-electron chi connectivity index (χ0n) is 14.4. The van der Waals surface area contributed by atoms with Crippen LogP contribution in [0, 0.1) is 0 Å². The fraction of sp³-hybridized carbons (Fsp3) is 0.444. The van der Waals surface area contributed by atoms with E-state index in [1.807, 2.05) is 25.1 Å². The average Bonchev–Trinajstić information content (AvgIpc) is 2.97. The summed E-state index contributed by atoms with van der Waals surface area (Å²) in [6.07, 6.45) is 1.27. The lowest BCUT2D eigenvalue weighted by Crippen LogP contribution is -2.42. The molecule has 0 bridgehead atoms. The number of nitrogens with zero attached hydrogens (tertiary/aromatic N) is 2. The summed E-state index contributed by atoms with van der Waals surface area (Å²) in [6, 6.07) is 8.76. The van der Waals surface area contributed by atoms with Crippen LogP contribution in [0.25, 0.3) is 10.9 Å². The summed E-state index contributed by atoms with van der Waals surface area (Å²) < 4.78 is 28.8. The highest BCUT2D eigenvalue weighted by atomic mass is 32.2. The van der Waals surface area contributed by atoms with E-state index in [1.54, 1.807) is 24.1 Å². The van der Waals surface area contributed by atoms with Crippen LogP contribution in [0.1, 0.15) is 30.3 Å². The number of hydrogen-bond donors (Lipinski definition) is 0. The van der Waals surface area contributed by atoms with E-state index in [9.17, 15) is 13.2 Å². The van der Waals surface area contributed by atoms with Gasteiger partial charge >= 0.3 is 0 Å². The SMILES string of the molecule is CCCN(C(=O)c1ccc2cc(OC)ccc2n1)C1CCS(=O)(=O)C1. The number of amides is 1. The lowest BCUT2D eigenvalue weighted by Gasteiger charge is -2.27. The molecule has 1 aliphatic rings. The minimum Gasteiger partial charge on any atom is -0.497 e. The largest absolute Gasteiger partial charge is 0.497 e. The highest BCUT2D eigenvalue weighted by Crippen LogP contribution is 2.23. The predicted octanol–water partition coefficient (Wildman–Crippen LogP) is 2.28. The van der Waals surface area contributed by atoms with Crippen molar-refractivity contribution in [1.29, 1.82) is 0 Å². The molecule has 1 aromatic carbocycles. The molecule has 3 rings (SSSR count). The van der Waals surface area contributed by atoms with Gasteiger partial charge in [0.05, 0.1) is 24.1 Å². The van der Waals surface area contributed by atoms with Crippen molar-refractivity contribution in [1.82, 2.24) is 9.88 Å². The van der Waals surface area contributed by atoms with Crippen LogP contribution in [0.2, 0.25) is 0 Å². The molecule has 1 aromatic heterocycles. The number of carbonyl (C=O) groups is 1. The topological polar surface area (TPSA) is 76.6 Å². The van der Waals surface area contributed by atoms with Gasteiger partial charge in [0.25, 0.3) is 5.91 Å². The van der Waals surface area contributed by atoms with Crippen LogP contribution >= 0.6 is 0 Å². The lowest BCUT2D eigenvalue weighted by molar-refractivity contribution is 0.0691. The van der Waals surface area contributed by atoms with Gasteiger partial charge < -0.3 is 9.64 Å². The Hall–Kier alpha value is -2.15. The quantitative estimate of drug-likeness (QED) is 0.816. The van der Waals surface area contributed by atoms with Crippen molar-refractivity contribution in [3.63, 3.8) is 0 Å². The normalized spacial score (nSPS) is 19.0. The van der Waals surface area contributed by atoms with Crippen LogP contribution < -0.4 is 4.74 Å². The monoisotopic (exact) mass is 362 g/mol. The number of aromatic nitrogens is 1. The molecule has 134 valence electrons. The highest BCUT2D eigenvalue weighted by molar-refractivity contribution is 7.91. The molecule has 7 heteroatoms. The minimum absolute atomic E-state index is 0.0452. The Kier molecular flexibility index (Phi) is 4.94. The summed E-state index contributed by atoms with van der Waals surface area (Å²) in [5.41, 5.74) is 1.05. The molecule has 0 radical (unpaired) electrons. The van der Waals surface area contributed by atoms with Crippen molar-refractivity contribution in [2.45, 2.75) is 25.8 Å². The molecule has 0 spiro atoms. The molecule has 25 heavy (non-hydrogen) atoms. The van der Waals surface area contributed by atoms with Crippen LogP contribution in [-0.4, -0.2) is 55.4 Å². The van der Waals surface area contributed by atoms with Gasteiger partial charge in [-0.05, 0) is 37.1 Å². The van der Waals surface area contributed by atoms with E-state index in [0.29, 0.717) is 24.2 Å². The van der Waals surface area contributed by atoms with E-state index < -0.39 is 9.84 Å². The van der Waals surface area contributed by atoms with Crippen molar-refractivity contribution < 1.29 is 17.9 Å². The third-order valence-electron chi connectivity index (χ3n) is 4.49. The van der Waals surface area contributed by atoms with Gasteiger partial charge in [-0.1, -0.05) is 13.0 Å². The Balaban J connectivity index is 1.90. The van der Waals surface area contributed by atoms with Gasteiger partial charge in [0.2, 0.25) is 0 Å². The van der Waals surface area contributed by atoms with Gasteiger partial charge in [-0.2, -0.15) is 0 Å². The van der Waals surface area contributed by atoms with Crippen molar-refractivity contribution in [2.75, 3.05) is 25.2 Å². The summed E-state index contributed by atoms with van der Waals surface area (Å²) in [4.78, 5) is 19.1. The van der Waals surface area contributed by atoms with Crippen molar-refractivity contribution in [2.24, 2.45) is 0 Å². The molecule has 0 aliphatic carbocycles. The number of benzene rings is 1. The number of methoxy groups -OCH3 is 1. The first-order valence-electron chi connectivity index (χ1n) is 8.39. The Morgan fingerprint density at radius 3 is 2.76 bits per heavy atom. The smallest absolute Gasteiger partial charge is 0.272 e. The number of pyridine rings is 1. The highest BCUT2D eigenvalue weighted by Gasteiger charge is 2.34. The number of hydrogen-bond acceptors (Lipinski definition) is 5. The van der Waals surface area contributed by atoms with E-state index in [2.05, 4.69) is 4.98 Å². The maximum Gasteiger partial charge on any atom is 0.272 e. The number of ether oxygens (including phenoxy) is 1. The molecule has 2 heterocycles. The van der Waals surface area contributed by atoms with E-state index in [0.717, 1.165) is 17.6 Å². The van der Waals surface area contributed by atoms with Crippen LogP contribution in [0.3, 0.4) is 0 Å². The Morgan fingerprint density at radius 1 is 1.32 bits per heavy atom. The zero-order chi connectivity index (χ0) is 18.0. The Labute approximate surface area is 147 Å². The molecule has 1 amide bonds. The van der Waals surface area contributed by atoms with Crippen molar-refractivity contribution in [3.05, 3.63) is 36.0 Å². The van der Waals surface area contributed by atoms with Crippen LogP contribution in [-0.2, 0) is 9.84 Å². The maximum atomic E-state index is 12.9. The second-order valence-electron chi connectivity index (χ2n) is 6.31. The Bertz CT molecular complexity index is 895. The molecule has 1 saturated heterocycles. The fourth-order valence-corrected chi connectivity index (χ4v) is 4.94. The van der Waals surface area contributed by atoms with Crippen LogP contribution in [0.5, 0.6) is 5.75 Å². The summed E-state index contributed by atoms with van der Waals surface area (Å²) >= 11 is 0. The first-order valence-corrected chi connectivity index (χ1v) is 10.2. The second-order valence-corrected chi connectivity index (χ2v) is 8.54. The first-order chi connectivity index (χ1) is 11.9. The van der Waals surface area contributed by atoms with Crippen molar-refractivity contribution in [3.8, 4) is 5.75 Å². The van der Waals surface area contributed by atoms with Gasteiger partial charge in [0.1, 0.15) is 11.4 Å². The molecule has 6 nitrogen and oxygen atoms in total. The van der Waals surface area contributed by atoms with Gasteiger partial charge in [-0.15, -0.1) is 0 Å². The molecule has 1 unspecified atom stereocenters. The van der Waals surface area contributed by atoms with Gasteiger partial charge in [0, 0.05) is 18.0 Å². The maximum absolute atomic E-state index is 12.9. The average molecular weight is 362 g/mol. The van der Waals surface area contributed by atoms with Gasteiger partial charge in [-0.3, -0.25) is 4.79 Å². The third kappa shape index (κ3) is 3.76. The molecule has 0 N–H and O–H groups in total. The van der Waals surface area contributed by atoms with Gasteiger partial charge in [-0.25, -0.2) is 13.4 Å². The van der Waals surface area contributed by atoms with Crippen LogP contribution in [0.4, 0.5) is 0 Å². The standard InChI is InChI=1S/C18H22N2O4S/c1-3-9-20(14-8-10-25(22,23)12-14)18(21)17-6-4-13-11-15(24-2)5-7-16(13)19-17/h4-7,11,14H,3,8-10,12H2,1-2H3. The number of carbonyl (C=O) groups excluding carboxylic acids is 1. The molecule has 0 saturated carbocycles. The van der Waals surface area contributed by atoms with E-state index in [4.69, 9.17) is 4.74 Å². The summed E-state index contributed by atoms with van der Waals surface area (Å²) in [5, 5.41) is 0.890. The molecular formula is C18H22N2O4S. The molecule has 2 aromatic rings. The Morgan fingerprint density at radius 2 is 2.12 bits per heavy atom.